The quantitative estimate of drug-likeness (QED) is 0.573. The van der Waals surface area contributed by atoms with E-state index in [2.05, 4.69) is 10.2 Å². The van der Waals surface area contributed by atoms with Gasteiger partial charge in [0.2, 0.25) is 6.79 Å². The summed E-state index contributed by atoms with van der Waals surface area (Å²) in [6.45, 7) is 1.05. The van der Waals surface area contributed by atoms with Crippen molar-refractivity contribution in [2.45, 2.75) is 12.5 Å². The van der Waals surface area contributed by atoms with E-state index in [1.54, 1.807) is 18.2 Å². The molecule has 31 heavy (non-hydrogen) atoms. The minimum absolute atomic E-state index is 0.0995. The summed E-state index contributed by atoms with van der Waals surface area (Å²) in [5.41, 5.74) is 1.58. The molecule has 0 aliphatic carbocycles. The van der Waals surface area contributed by atoms with Crippen molar-refractivity contribution >= 4 is 29.4 Å². The number of benzene rings is 2. The van der Waals surface area contributed by atoms with Crippen molar-refractivity contribution < 1.29 is 34.1 Å². The smallest absolute Gasteiger partial charge is 0.414 e. The van der Waals surface area contributed by atoms with Gasteiger partial charge in [-0.2, -0.15) is 0 Å². The Morgan fingerprint density at radius 2 is 1.65 bits per heavy atom. The SMILES string of the molecule is CN(C)CCC(NC(=O)c1ccc2c(c1)OCO2)c1ccc(Cl)cc1.O=C(O)C(=O)O. The van der Waals surface area contributed by atoms with Crippen LogP contribution in [0.1, 0.15) is 28.4 Å². The third kappa shape index (κ3) is 7.47. The fraction of sp³-hybridized carbons (Fsp3) is 0.286. The molecule has 166 valence electrons. The second-order valence-corrected chi connectivity index (χ2v) is 7.28. The van der Waals surface area contributed by atoms with E-state index in [1.807, 2.05) is 38.4 Å². The molecule has 1 amide bonds. The van der Waals surface area contributed by atoms with Crippen molar-refractivity contribution in [1.82, 2.24) is 10.2 Å². The van der Waals surface area contributed by atoms with Gasteiger partial charge in [0, 0.05) is 10.6 Å². The highest BCUT2D eigenvalue weighted by molar-refractivity contribution is 6.30. The van der Waals surface area contributed by atoms with Gasteiger partial charge >= 0.3 is 11.9 Å². The van der Waals surface area contributed by atoms with E-state index >= 15 is 0 Å². The number of hydrogen-bond donors (Lipinski definition) is 3. The van der Waals surface area contributed by atoms with E-state index in [0.717, 1.165) is 18.5 Å². The molecule has 2 aromatic rings. The molecule has 0 fully saturated rings. The number of aliphatic carboxylic acids is 2. The van der Waals surface area contributed by atoms with Crippen LogP contribution in [0.15, 0.2) is 42.5 Å². The third-order valence-corrected chi connectivity index (χ3v) is 4.51. The Bertz CT molecular complexity index is 920. The van der Waals surface area contributed by atoms with Crippen LogP contribution in [0, 0.1) is 0 Å². The lowest BCUT2D eigenvalue weighted by Gasteiger charge is -2.21. The van der Waals surface area contributed by atoms with E-state index in [9.17, 15) is 4.79 Å². The molecule has 1 heterocycles. The second kappa shape index (κ2) is 11.2. The number of amides is 1. The van der Waals surface area contributed by atoms with Crippen LogP contribution in [0.4, 0.5) is 0 Å². The van der Waals surface area contributed by atoms with Gasteiger partial charge in [-0.25, -0.2) is 9.59 Å². The van der Waals surface area contributed by atoms with Crippen molar-refractivity contribution in [3.05, 3.63) is 58.6 Å². The predicted molar refractivity (Wildman–Crippen MR) is 113 cm³/mol. The van der Waals surface area contributed by atoms with Crippen LogP contribution in [0.5, 0.6) is 11.5 Å². The van der Waals surface area contributed by atoms with E-state index < -0.39 is 11.9 Å². The van der Waals surface area contributed by atoms with Crippen LogP contribution in [0.25, 0.3) is 0 Å². The first kappa shape index (κ1) is 24.0. The van der Waals surface area contributed by atoms with Gasteiger partial charge in [0.15, 0.2) is 11.5 Å². The van der Waals surface area contributed by atoms with Gasteiger partial charge < -0.3 is 29.9 Å². The number of carbonyl (C=O) groups is 3. The fourth-order valence-corrected chi connectivity index (χ4v) is 2.81. The minimum atomic E-state index is -1.82. The number of nitrogens with zero attached hydrogens (tertiary/aromatic N) is 1. The van der Waals surface area contributed by atoms with Crippen molar-refractivity contribution in [1.29, 1.82) is 0 Å². The summed E-state index contributed by atoms with van der Waals surface area (Å²) < 4.78 is 10.6. The molecule has 3 N–H and O–H groups in total. The Hall–Kier alpha value is -3.30. The molecule has 0 aromatic heterocycles. The molecular weight excluding hydrogens is 428 g/mol. The van der Waals surface area contributed by atoms with Crippen LogP contribution in [-0.4, -0.2) is 60.4 Å². The molecule has 1 unspecified atom stereocenters. The largest absolute Gasteiger partial charge is 0.473 e. The highest BCUT2D eigenvalue weighted by Crippen LogP contribution is 2.32. The first-order valence-electron chi connectivity index (χ1n) is 9.24. The number of fused-ring (bicyclic) bond motifs is 1. The molecule has 0 bridgehead atoms. The van der Waals surface area contributed by atoms with Crippen LogP contribution in [0.3, 0.4) is 0 Å². The van der Waals surface area contributed by atoms with Crippen molar-refractivity contribution in [3.8, 4) is 11.5 Å². The Labute approximate surface area is 184 Å². The summed E-state index contributed by atoms with van der Waals surface area (Å²) in [6.07, 6.45) is 0.797. The third-order valence-electron chi connectivity index (χ3n) is 4.26. The molecule has 1 atom stereocenters. The van der Waals surface area contributed by atoms with Gasteiger partial charge in [0.05, 0.1) is 6.04 Å². The zero-order valence-corrected chi connectivity index (χ0v) is 17.8. The van der Waals surface area contributed by atoms with Crippen molar-refractivity contribution in [2.75, 3.05) is 27.4 Å². The lowest BCUT2D eigenvalue weighted by molar-refractivity contribution is -0.159. The summed E-state index contributed by atoms with van der Waals surface area (Å²) in [6, 6.07) is 12.7. The number of rotatable bonds is 6. The first-order valence-corrected chi connectivity index (χ1v) is 9.62. The first-order chi connectivity index (χ1) is 14.7. The van der Waals surface area contributed by atoms with Gasteiger partial charge in [-0.3, -0.25) is 4.79 Å². The second-order valence-electron chi connectivity index (χ2n) is 6.85. The van der Waals surface area contributed by atoms with E-state index in [-0.39, 0.29) is 18.7 Å². The van der Waals surface area contributed by atoms with Gasteiger partial charge in [-0.15, -0.1) is 0 Å². The van der Waals surface area contributed by atoms with Gasteiger partial charge in [0.1, 0.15) is 0 Å². The van der Waals surface area contributed by atoms with Crippen molar-refractivity contribution in [3.63, 3.8) is 0 Å². The lowest BCUT2D eigenvalue weighted by Crippen LogP contribution is -2.31. The van der Waals surface area contributed by atoms with Gasteiger partial charge in [0.25, 0.3) is 5.91 Å². The molecule has 0 spiro atoms. The molecule has 9 nitrogen and oxygen atoms in total. The Morgan fingerprint density at radius 1 is 1.03 bits per heavy atom. The Morgan fingerprint density at radius 3 is 2.23 bits per heavy atom. The van der Waals surface area contributed by atoms with Gasteiger partial charge in [-0.05, 0) is 63.0 Å². The average molecular weight is 451 g/mol. The topological polar surface area (TPSA) is 125 Å². The van der Waals surface area contributed by atoms with Crippen molar-refractivity contribution in [2.24, 2.45) is 0 Å². The maximum atomic E-state index is 12.7. The Balaban J connectivity index is 0.000000501. The molecule has 0 radical (unpaired) electrons. The highest BCUT2D eigenvalue weighted by Gasteiger charge is 2.19. The molecule has 1 aliphatic rings. The maximum Gasteiger partial charge on any atom is 0.414 e. The fourth-order valence-electron chi connectivity index (χ4n) is 2.68. The van der Waals surface area contributed by atoms with Crippen LogP contribution < -0.4 is 14.8 Å². The molecule has 0 saturated heterocycles. The number of carbonyl (C=O) groups excluding carboxylic acids is 1. The van der Waals surface area contributed by atoms with Crippen LogP contribution in [0.2, 0.25) is 5.02 Å². The zero-order chi connectivity index (χ0) is 23.0. The number of ether oxygens (including phenoxy) is 2. The molecule has 10 heteroatoms. The molecule has 3 rings (SSSR count). The molecule has 1 aliphatic heterocycles. The highest BCUT2D eigenvalue weighted by atomic mass is 35.5. The van der Waals surface area contributed by atoms with E-state index in [0.29, 0.717) is 22.1 Å². The number of nitrogens with one attached hydrogen (secondary N) is 1. The zero-order valence-electron chi connectivity index (χ0n) is 17.0. The number of carboxylic acid groups (broad SMARTS) is 2. The minimum Gasteiger partial charge on any atom is -0.473 e. The predicted octanol–water partition coefficient (Wildman–Crippen LogP) is 2.65. The standard InChI is InChI=1S/C19H21ClN2O3.C2H2O4/c1-22(2)10-9-16(13-3-6-15(20)7-4-13)21-19(23)14-5-8-17-18(11-14)25-12-24-17;3-1(4)2(5)6/h3-8,11,16H,9-10,12H2,1-2H3,(H,21,23);(H,3,4)(H,5,6). The molecule has 2 aromatic carbocycles. The van der Waals surface area contributed by atoms with Crippen LogP contribution in [-0.2, 0) is 9.59 Å². The lowest BCUT2D eigenvalue weighted by atomic mass is 10.0. The number of halogens is 1. The summed E-state index contributed by atoms with van der Waals surface area (Å²) in [7, 11) is 4.02. The summed E-state index contributed by atoms with van der Waals surface area (Å²) in [5, 5.41) is 18.6. The average Bonchev–Trinajstić information content (AvgIpc) is 3.19. The summed E-state index contributed by atoms with van der Waals surface area (Å²) in [4.78, 5) is 33.0. The maximum absolute atomic E-state index is 12.7. The van der Waals surface area contributed by atoms with Crippen LogP contribution >= 0.6 is 11.6 Å². The number of carboxylic acids is 2. The Kier molecular flexibility index (Phi) is 8.65. The van der Waals surface area contributed by atoms with Gasteiger partial charge in [-0.1, -0.05) is 23.7 Å². The van der Waals surface area contributed by atoms with E-state index in [4.69, 9.17) is 40.9 Å². The molecular formula is C21H23ClN2O7. The van der Waals surface area contributed by atoms with E-state index in [1.165, 1.54) is 0 Å². The number of hydrogen-bond acceptors (Lipinski definition) is 6. The molecule has 0 saturated carbocycles. The summed E-state index contributed by atoms with van der Waals surface area (Å²) in [5.74, 6) is -2.52. The monoisotopic (exact) mass is 450 g/mol. The normalized spacial score (nSPS) is 12.5. The summed E-state index contributed by atoms with van der Waals surface area (Å²) >= 11 is 5.98.